The SMILES string of the molecule is O=C1c2ccc([N+](=O)[O-])c3c([N+](=O)[O-])ccc(c23)C(=O)N1c1cccc([N+](=O)[O-])c1. The third-order valence-corrected chi connectivity index (χ3v) is 4.68. The number of amides is 2. The van der Waals surface area contributed by atoms with E-state index in [0.29, 0.717) is 4.90 Å². The molecule has 0 spiro atoms. The van der Waals surface area contributed by atoms with Gasteiger partial charge in [-0.1, -0.05) is 6.07 Å². The van der Waals surface area contributed by atoms with Gasteiger partial charge >= 0.3 is 0 Å². The molecule has 3 aromatic carbocycles. The van der Waals surface area contributed by atoms with Gasteiger partial charge in [-0.15, -0.1) is 0 Å². The van der Waals surface area contributed by atoms with E-state index in [9.17, 15) is 39.9 Å². The minimum atomic E-state index is -0.909. The molecule has 0 bridgehead atoms. The number of nitro groups is 3. The molecule has 12 heteroatoms. The summed E-state index contributed by atoms with van der Waals surface area (Å²) < 4.78 is 0. The molecule has 1 aliphatic rings. The predicted octanol–water partition coefficient (Wildman–Crippen LogP) is 3.37. The van der Waals surface area contributed by atoms with Crippen LogP contribution < -0.4 is 4.90 Å². The quantitative estimate of drug-likeness (QED) is 0.360. The lowest BCUT2D eigenvalue weighted by Gasteiger charge is -2.26. The van der Waals surface area contributed by atoms with E-state index in [2.05, 4.69) is 0 Å². The molecule has 4 rings (SSSR count). The summed E-state index contributed by atoms with van der Waals surface area (Å²) in [6.45, 7) is 0. The second kappa shape index (κ2) is 6.41. The van der Waals surface area contributed by atoms with Crippen LogP contribution in [0.25, 0.3) is 10.8 Å². The molecule has 0 N–H and O–H groups in total. The number of nitro benzene ring substituents is 3. The number of benzene rings is 3. The molecule has 0 saturated carbocycles. The average molecular weight is 408 g/mol. The Kier molecular flexibility index (Phi) is 3.98. The molecule has 0 saturated heterocycles. The number of hydrogen-bond donors (Lipinski definition) is 0. The topological polar surface area (TPSA) is 167 Å². The highest BCUT2D eigenvalue weighted by Gasteiger charge is 2.38. The van der Waals surface area contributed by atoms with Crippen LogP contribution in [0.15, 0.2) is 48.5 Å². The number of non-ortho nitro benzene ring substituents is 3. The minimum absolute atomic E-state index is 0.0743. The first-order valence-electron chi connectivity index (χ1n) is 8.24. The van der Waals surface area contributed by atoms with Crippen LogP contribution in [0.5, 0.6) is 0 Å². The molecule has 2 amide bonds. The highest BCUT2D eigenvalue weighted by molar-refractivity contribution is 6.37. The van der Waals surface area contributed by atoms with Crippen LogP contribution in [-0.4, -0.2) is 26.6 Å². The van der Waals surface area contributed by atoms with E-state index in [4.69, 9.17) is 0 Å². The van der Waals surface area contributed by atoms with Crippen LogP contribution >= 0.6 is 0 Å². The van der Waals surface area contributed by atoms with E-state index in [0.717, 1.165) is 30.3 Å². The zero-order chi connectivity index (χ0) is 21.7. The van der Waals surface area contributed by atoms with E-state index < -0.39 is 43.3 Å². The molecule has 0 aliphatic carbocycles. The number of nitrogens with zero attached hydrogens (tertiary/aromatic N) is 4. The van der Waals surface area contributed by atoms with Gasteiger partial charge in [-0.3, -0.25) is 39.9 Å². The first kappa shape index (κ1) is 18.6. The van der Waals surface area contributed by atoms with Crippen LogP contribution in [-0.2, 0) is 0 Å². The molecular formula is C18H8N4O8. The van der Waals surface area contributed by atoms with E-state index in [1.165, 1.54) is 18.2 Å². The fourth-order valence-electron chi connectivity index (χ4n) is 3.43. The normalized spacial score (nSPS) is 12.9. The van der Waals surface area contributed by atoms with Gasteiger partial charge in [0.1, 0.15) is 5.39 Å². The Morgan fingerprint density at radius 3 is 1.67 bits per heavy atom. The number of rotatable bonds is 4. The molecule has 30 heavy (non-hydrogen) atoms. The Morgan fingerprint density at radius 1 is 0.667 bits per heavy atom. The Hall–Kier alpha value is -4.74. The van der Waals surface area contributed by atoms with Gasteiger partial charge in [0.15, 0.2) is 0 Å². The lowest BCUT2D eigenvalue weighted by atomic mass is 9.91. The molecule has 0 fully saturated rings. The van der Waals surface area contributed by atoms with Crippen LogP contribution in [0.1, 0.15) is 20.7 Å². The molecule has 0 radical (unpaired) electrons. The molecule has 1 heterocycles. The van der Waals surface area contributed by atoms with E-state index in [1.54, 1.807) is 0 Å². The molecule has 0 atom stereocenters. The zero-order valence-corrected chi connectivity index (χ0v) is 14.7. The van der Waals surface area contributed by atoms with Crippen molar-refractivity contribution in [1.29, 1.82) is 0 Å². The Balaban J connectivity index is 2.03. The van der Waals surface area contributed by atoms with Gasteiger partial charge in [-0.25, -0.2) is 4.90 Å². The average Bonchev–Trinajstić information content (AvgIpc) is 2.71. The molecule has 3 aromatic rings. The van der Waals surface area contributed by atoms with Gasteiger partial charge in [-0.05, 0) is 18.2 Å². The summed E-state index contributed by atoms with van der Waals surface area (Å²) in [4.78, 5) is 58.3. The first-order chi connectivity index (χ1) is 14.2. The minimum Gasteiger partial charge on any atom is -0.268 e. The maximum atomic E-state index is 13.1. The van der Waals surface area contributed by atoms with Crippen LogP contribution in [0.2, 0.25) is 0 Å². The summed E-state index contributed by atoms with van der Waals surface area (Å²) in [5.74, 6) is -1.82. The fourth-order valence-corrected chi connectivity index (χ4v) is 3.43. The Labute approximate surface area is 165 Å². The summed E-state index contributed by atoms with van der Waals surface area (Å²) >= 11 is 0. The maximum Gasteiger partial charge on any atom is 0.284 e. The molecular weight excluding hydrogens is 400 g/mol. The first-order valence-corrected chi connectivity index (χ1v) is 8.24. The van der Waals surface area contributed by atoms with E-state index >= 15 is 0 Å². The number of hydrogen-bond acceptors (Lipinski definition) is 8. The largest absolute Gasteiger partial charge is 0.284 e. The lowest BCUT2D eigenvalue weighted by Crippen LogP contribution is -2.40. The van der Waals surface area contributed by atoms with E-state index in [1.807, 2.05) is 0 Å². The monoisotopic (exact) mass is 408 g/mol. The molecule has 148 valence electrons. The van der Waals surface area contributed by atoms with Crippen molar-refractivity contribution in [2.24, 2.45) is 0 Å². The van der Waals surface area contributed by atoms with Crippen LogP contribution in [0, 0.1) is 30.3 Å². The summed E-state index contributed by atoms with van der Waals surface area (Å²) in [6.07, 6.45) is 0. The highest BCUT2D eigenvalue weighted by Crippen LogP contribution is 2.41. The summed E-state index contributed by atoms with van der Waals surface area (Å²) in [6, 6.07) is 8.95. The van der Waals surface area contributed by atoms with E-state index in [-0.39, 0.29) is 27.9 Å². The standard InChI is InChI=1S/C18H8N4O8/c23-17-11-4-6-13(21(27)28)16-14(22(29)30)7-5-12(15(11)16)18(24)19(17)9-2-1-3-10(8-9)20(25)26/h1-8H. The second-order valence-electron chi connectivity index (χ2n) is 6.25. The van der Waals surface area contributed by atoms with Gasteiger partial charge in [0, 0.05) is 40.8 Å². The fraction of sp³-hybridized carbons (Fsp3) is 0. The van der Waals surface area contributed by atoms with Crippen molar-refractivity contribution in [3.63, 3.8) is 0 Å². The Bertz CT molecular complexity index is 1260. The summed E-state index contributed by atoms with van der Waals surface area (Å²) in [5, 5.41) is 33.2. The molecule has 12 nitrogen and oxygen atoms in total. The van der Waals surface area contributed by atoms with Crippen molar-refractivity contribution >= 4 is 45.3 Å². The van der Waals surface area contributed by atoms with Crippen LogP contribution in [0.3, 0.4) is 0 Å². The predicted molar refractivity (Wildman–Crippen MR) is 101 cm³/mol. The van der Waals surface area contributed by atoms with Gasteiger partial charge in [0.05, 0.1) is 20.5 Å². The van der Waals surface area contributed by atoms with Gasteiger partial charge < -0.3 is 0 Å². The Morgan fingerprint density at radius 2 is 1.20 bits per heavy atom. The summed E-state index contributed by atoms with van der Waals surface area (Å²) in [7, 11) is 0. The zero-order valence-electron chi connectivity index (χ0n) is 14.7. The number of anilines is 1. The molecule has 1 aliphatic heterocycles. The second-order valence-corrected chi connectivity index (χ2v) is 6.25. The van der Waals surface area contributed by atoms with Crippen molar-refractivity contribution in [2.45, 2.75) is 0 Å². The van der Waals surface area contributed by atoms with Gasteiger partial charge in [-0.2, -0.15) is 0 Å². The van der Waals surface area contributed by atoms with Gasteiger partial charge in [0.25, 0.3) is 28.9 Å². The number of imide groups is 1. The third kappa shape index (κ3) is 2.55. The number of carbonyl (C=O) groups is 2. The van der Waals surface area contributed by atoms with Crippen LogP contribution in [0.4, 0.5) is 22.7 Å². The number of carbonyl (C=O) groups excluding carboxylic acids is 2. The lowest BCUT2D eigenvalue weighted by molar-refractivity contribution is -0.390. The smallest absolute Gasteiger partial charge is 0.268 e. The van der Waals surface area contributed by atoms with Crippen molar-refractivity contribution in [1.82, 2.24) is 0 Å². The molecule has 0 unspecified atom stereocenters. The van der Waals surface area contributed by atoms with Crippen molar-refractivity contribution in [2.75, 3.05) is 4.90 Å². The van der Waals surface area contributed by atoms with Crippen molar-refractivity contribution in [3.05, 3.63) is 90.0 Å². The summed E-state index contributed by atoms with van der Waals surface area (Å²) in [5.41, 5.74) is -2.00. The van der Waals surface area contributed by atoms with Crippen molar-refractivity contribution < 1.29 is 24.4 Å². The third-order valence-electron chi connectivity index (χ3n) is 4.68. The van der Waals surface area contributed by atoms with Crippen molar-refractivity contribution in [3.8, 4) is 0 Å². The maximum absolute atomic E-state index is 13.1. The molecule has 0 aromatic heterocycles. The highest BCUT2D eigenvalue weighted by atomic mass is 16.6. The van der Waals surface area contributed by atoms with Gasteiger partial charge in [0.2, 0.25) is 0 Å².